The van der Waals surface area contributed by atoms with Crippen molar-refractivity contribution in [3.63, 3.8) is 0 Å². The topological polar surface area (TPSA) is 47.6 Å². The van der Waals surface area contributed by atoms with E-state index in [1.165, 1.54) is 0 Å². The average Bonchev–Trinajstić information content (AvgIpc) is 2.59. The van der Waals surface area contributed by atoms with Crippen molar-refractivity contribution in [1.29, 1.82) is 0 Å². The standard InChI is InChI=1S/C20H23NO3/c1-4-13-23-17-11-9-16(10-12-17)21-20(22)19(5-2)24-18-8-6-7-15(3)14-18/h4,6-12,14,19H,1,5,13H2,2-3H3,(H,21,22). The molecule has 0 fully saturated rings. The summed E-state index contributed by atoms with van der Waals surface area (Å²) in [7, 11) is 0. The van der Waals surface area contributed by atoms with E-state index in [4.69, 9.17) is 9.47 Å². The monoisotopic (exact) mass is 325 g/mol. The molecule has 4 nitrogen and oxygen atoms in total. The van der Waals surface area contributed by atoms with Gasteiger partial charge in [-0.3, -0.25) is 4.79 Å². The van der Waals surface area contributed by atoms with Crippen molar-refractivity contribution in [3.8, 4) is 11.5 Å². The molecule has 0 radical (unpaired) electrons. The second-order valence-electron chi connectivity index (χ2n) is 5.44. The number of carbonyl (C=O) groups excluding carboxylic acids is 1. The molecule has 2 aromatic carbocycles. The molecule has 2 rings (SSSR count). The Morgan fingerprint density at radius 1 is 1.21 bits per heavy atom. The molecule has 1 amide bonds. The van der Waals surface area contributed by atoms with Crippen molar-refractivity contribution < 1.29 is 14.3 Å². The first-order chi connectivity index (χ1) is 11.6. The number of hydrogen-bond donors (Lipinski definition) is 1. The van der Waals surface area contributed by atoms with E-state index in [2.05, 4.69) is 11.9 Å². The van der Waals surface area contributed by atoms with Crippen LogP contribution < -0.4 is 14.8 Å². The first kappa shape index (κ1) is 17.6. The minimum absolute atomic E-state index is 0.168. The van der Waals surface area contributed by atoms with Gasteiger partial charge in [0, 0.05) is 5.69 Å². The van der Waals surface area contributed by atoms with Gasteiger partial charge in [0.2, 0.25) is 0 Å². The molecule has 0 saturated carbocycles. The lowest BCUT2D eigenvalue weighted by Gasteiger charge is -2.17. The fourth-order valence-corrected chi connectivity index (χ4v) is 2.19. The lowest BCUT2D eigenvalue weighted by molar-refractivity contribution is -0.122. The van der Waals surface area contributed by atoms with Gasteiger partial charge in [-0.25, -0.2) is 0 Å². The van der Waals surface area contributed by atoms with Crippen molar-refractivity contribution in [3.05, 3.63) is 66.7 Å². The summed E-state index contributed by atoms with van der Waals surface area (Å²) in [5.41, 5.74) is 1.80. The predicted molar refractivity (Wildman–Crippen MR) is 96.6 cm³/mol. The molecule has 24 heavy (non-hydrogen) atoms. The Morgan fingerprint density at radius 2 is 1.96 bits per heavy atom. The number of nitrogens with one attached hydrogen (secondary N) is 1. The maximum absolute atomic E-state index is 12.4. The summed E-state index contributed by atoms with van der Waals surface area (Å²) >= 11 is 0. The first-order valence-electron chi connectivity index (χ1n) is 8.00. The molecule has 126 valence electrons. The highest BCUT2D eigenvalue weighted by molar-refractivity contribution is 5.94. The third-order valence-electron chi connectivity index (χ3n) is 3.42. The van der Waals surface area contributed by atoms with E-state index >= 15 is 0 Å². The third-order valence-corrected chi connectivity index (χ3v) is 3.42. The number of hydrogen-bond acceptors (Lipinski definition) is 3. The Labute approximate surface area is 143 Å². The Hall–Kier alpha value is -2.75. The van der Waals surface area contributed by atoms with Gasteiger partial charge in [0.25, 0.3) is 5.91 Å². The molecule has 0 aliphatic rings. The number of carbonyl (C=O) groups is 1. The average molecular weight is 325 g/mol. The van der Waals surface area contributed by atoms with Crippen molar-refractivity contribution in [2.75, 3.05) is 11.9 Å². The van der Waals surface area contributed by atoms with Crippen molar-refractivity contribution >= 4 is 11.6 Å². The quantitative estimate of drug-likeness (QED) is 0.734. The molecule has 0 aliphatic carbocycles. The fourth-order valence-electron chi connectivity index (χ4n) is 2.19. The number of benzene rings is 2. The van der Waals surface area contributed by atoms with E-state index in [9.17, 15) is 4.79 Å². The first-order valence-corrected chi connectivity index (χ1v) is 8.00. The maximum atomic E-state index is 12.4. The lowest BCUT2D eigenvalue weighted by Crippen LogP contribution is -2.32. The molecule has 4 heteroatoms. The van der Waals surface area contributed by atoms with Gasteiger partial charge in [-0.2, -0.15) is 0 Å². The molecule has 0 heterocycles. The van der Waals surface area contributed by atoms with E-state index in [-0.39, 0.29) is 5.91 Å². The normalized spacial score (nSPS) is 11.4. The maximum Gasteiger partial charge on any atom is 0.265 e. The van der Waals surface area contributed by atoms with Gasteiger partial charge in [0.15, 0.2) is 6.10 Å². The molecular weight excluding hydrogens is 302 g/mol. The number of rotatable bonds is 8. The van der Waals surface area contributed by atoms with E-state index < -0.39 is 6.10 Å². The minimum Gasteiger partial charge on any atom is -0.490 e. The molecule has 1 unspecified atom stereocenters. The van der Waals surface area contributed by atoms with E-state index in [0.717, 1.165) is 11.3 Å². The predicted octanol–water partition coefficient (Wildman–Crippen LogP) is 4.36. The summed E-state index contributed by atoms with van der Waals surface area (Å²) in [6.45, 7) is 7.97. The second-order valence-corrected chi connectivity index (χ2v) is 5.44. The SMILES string of the molecule is C=CCOc1ccc(NC(=O)C(CC)Oc2cccc(C)c2)cc1. The lowest BCUT2D eigenvalue weighted by atomic mass is 10.2. The van der Waals surface area contributed by atoms with Gasteiger partial charge in [-0.05, 0) is 55.3 Å². The molecular formula is C20H23NO3. The zero-order valence-corrected chi connectivity index (χ0v) is 14.1. The van der Waals surface area contributed by atoms with Crippen LogP contribution in [0.3, 0.4) is 0 Å². The van der Waals surface area contributed by atoms with Crippen LogP contribution in [-0.2, 0) is 4.79 Å². The summed E-state index contributed by atoms with van der Waals surface area (Å²) < 4.78 is 11.2. The second kappa shape index (κ2) is 8.77. The fraction of sp³-hybridized carbons (Fsp3) is 0.250. The molecule has 0 aromatic heterocycles. The van der Waals surface area contributed by atoms with Crippen LogP contribution in [0.5, 0.6) is 11.5 Å². The molecule has 0 aliphatic heterocycles. The highest BCUT2D eigenvalue weighted by Gasteiger charge is 2.18. The third kappa shape index (κ3) is 5.16. The molecule has 2 aromatic rings. The van der Waals surface area contributed by atoms with E-state index in [1.807, 2.05) is 50.2 Å². The largest absolute Gasteiger partial charge is 0.490 e. The number of ether oxygens (including phenoxy) is 2. The summed E-state index contributed by atoms with van der Waals surface area (Å²) in [4.78, 5) is 12.4. The summed E-state index contributed by atoms with van der Waals surface area (Å²) in [6, 6.07) is 14.9. The summed E-state index contributed by atoms with van der Waals surface area (Å²) in [6.07, 6.45) is 1.73. The zero-order chi connectivity index (χ0) is 17.4. The van der Waals surface area contributed by atoms with Gasteiger partial charge in [-0.15, -0.1) is 0 Å². The van der Waals surface area contributed by atoms with Gasteiger partial charge < -0.3 is 14.8 Å². The van der Waals surface area contributed by atoms with Gasteiger partial charge in [0.1, 0.15) is 18.1 Å². The van der Waals surface area contributed by atoms with Crippen LogP contribution >= 0.6 is 0 Å². The van der Waals surface area contributed by atoms with Crippen LogP contribution in [0.2, 0.25) is 0 Å². The molecule has 1 atom stereocenters. The van der Waals surface area contributed by atoms with Crippen LogP contribution in [-0.4, -0.2) is 18.6 Å². The molecule has 0 bridgehead atoms. The van der Waals surface area contributed by atoms with Crippen LogP contribution in [0.15, 0.2) is 61.2 Å². The molecule has 0 saturated heterocycles. The summed E-state index contributed by atoms with van der Waals surface area (Å²) in [5, 5.41) is 2.87. The van der Waals surface area contributed by atoms with Crippen LogP contribution in [0.1, 0.15) is 18.9 Å². The highest BCUT2D eigenvalue weighted by atomic mass is 16.5. The Morgan fingerprint density at radius 3 is 2.58 bits per heavy atom. The van der Waals surface area contributed by atoms with Crippen molar-refractivity contribution in [1.82, 2.24) is 0 Å². The van der Waals surface area contributed by atoms with Gasteiger partial charge >= 0.3 is 0 Å². The minimum atomic E-state index is -0.538. The zero-order valence-electron chi connectivity index (χ0n) is 14.1. The van der Waals surface area contributed by atoms with E-state index in [1.54, 1.807) is 18.2 Å². The summed E-state index contributed by atoms with van der Waals surface area (Å²) in [5.74, 6) is 1.26. The molecule has 1 N–H and O–H groups in total. The van der Waals surface area contributed by atoms with Crippen LogP contribution in [0, 0.1) is 6.92 Å². The number of anilines is 1. The van der Waals surface area contributed by atoms with Crippen molar-refractivity contribution in [2.24, 2.45) is 0 Å². The van der Waals surface area contributed by atoms with Gasteiger partial charge in [-0.1, -0.05) is 31.7 Å². The Bertz CT molecular complexity index is 680. The van der Waals surface area contributed by atoms with Crippen LogP contribution in [0.4, 0.5) is 5.69 Å². The Kier molecular flexibility index (Phi) is 6.43. The highest BCUT2D eigenvalue weighted by Crippen LogP contribution is 2.18. The number of aryl methyl sites for hydroxylation is 1. The van der Waals surface area contributed by atoms with Crippen molar-refractivity contribution in [2.45, 2.75) is 26.4 Å². The number of amides is 1. The van der Waals surface area contributed by atoms with E-state index in [0.29, 0.717) is 24.5 Å². The molecule has 0 spiro atoms. The Balaban J connectivity index is 1.97. The van der Waals surface area contributed by atoms with Gasteiger partial charge in [0.05, 0.1) is 0 Å². The van der Waals surface area contributed by atoms with Crippen LogP contribution in [0.25, 0.3) is 0 Å². The smallest absolute Gasteiger partial charge is 0.265 e.